The summed E-state index contributed by atoms with van der Waals surface area (Å²) in [6.07, 6.45) is 5.91. The van der Waals surface area contributed by atoms with Crippen molar-refractivity contribution in [3.63, 3.8) is 0 Å². The Balaban J connectivity index is 0.00000320. The first-order valence-corrected chi connectivity index (χ1v) is 10.6. The van der Waals surface area contributed by atoms with E-state index in [1.807, 2.05) is 12.1 Å². The number of benzene rings is 1. The molecule has 30 heavy (non-hydrogen) atoms. The molecule has 1 aliphatic rings. The van der Waals surface area contributed by atoms with E-state index >= 15 is 0 Å². The highest BCUT2D eigenvalue weighted by Gasteiger charge is 2.13. The molecule has 1 aliphatic heterocycles. The quantitative estimate of drug-likeness (QED) is 0.274. The number of guanidine groups is 1. The van der Waals surface area contributed by atoms with Crippen LogP contribution >= 0.6 is 24.0 Å². The van der Waals surface area contributed by atoms with Crippen molar-refractivity contribution in [1.29, 1.82) is 0 Å². The van der Waals surface area contributed by atoms with Crippen LogP contribution in [0.25, 0.3) is 0 Å². The molecule has 7 heteroatoms. The lowest BCUT2D eigenvalue weighted by atomic mass is 10.1. The largest absolute Gasteiger partial charge is 0.469 e. The lowest BCUT2D eigenvalue weighted by molar-refractivity contribution is -0.0390. The zero-order valence-corrected chi connectivity index (χ0v) is 20.1. The molecule has 1 saturated heterocycles. The van der Waals surface area contributed by atoms with Gasteiger partial charge in [-0.25, -0.2) is 4.99 Å². The summed E-state index contributed by atoms with van der Waals surface area (Å²) in [4.78, 5) is 4.72. The van der Waals surface area contributed by atoms with Gasteiger partial charge in [-0.15, -0.1) is 24.0 Å². The van der Waals surface area contributed by atoms with Crippen LogP contribution in [0.15, 0.2) is 52.1 Å². The highest BCUT2D eigenvalue weighted by Crippen LogP contribution is 2.14. The van der Waals surface area contributed by atoms with Crippen LogP contribution in [-0.2, 0) is 29.0 Å². The Bertz CT molecular complexity index is 714. The molecule has 2 heterocycles. The summed E-state index contributed by atoms with van der Waals surface area (Å²) in [7, 11) is 0. The van der Waals surface area contributed by atoms with Gasteiger partial charge in [0.15, 0.2) is 5.96 Å². The van der Waals surface area contributed by atoms with Gasteiger partial charge in [-0.2, -0.15) is 0 Å². The Labute approximate surface area is 196 Å². The number of hydrogen-bond donors (Lipinski definition) is 2. The molecular weight excluding hydrogens is 493 g/mol. The van der Waals surface area contributed by atoms with Crippen molar-refractivity contribution in [2.24, 2.45) is 4.99 Å². The molecule has 0 spiro atoms. The SMILES string of the molecule is CCCNC(=NCc1ccc(COC2CCOCC2)cc1)NCCc1ccco1.I. The van der Waals surface area contributed by atoms with Crippen molar-refractivity contribution >= 4 is 29.9 Å². The maximum atomic E-state index is 5.99. The van der Waals surface area contributed by atoms with E-state index in [9.17, 15) is 0 Å². The summed E-state index contributed by atoms with van der Waals surface area (Å²) >= 11 is 0. The van der Waals surface area contributed by atoms with Crippen molar-refractivity contribution in [2.75, 3.05) is 26.3 Å². The van der Waals surface area contributed by atoms with Crippen LogP contribution in [0.2, 0.25) is 0 Å². The molecule has 1 aromatic carbocycles. The Hall–Kier alpha value is -1.58. The van der Waals surface area contributed by atoms with Crippen LogP contribution < -0.4 is 10.6 Å². The van der Waals surface area contributed by atoms with Crippen molar-refractivity contribution in [2.45, 2.75) is 51.9 Å². The van der Waals surface area contributed by atoms with Crippen LogP contribution in [0.1, 0.15) is 43.1 Å². The molecule has 2 aromatic rings. The minimum absolute atomic E-state index is 0. The van der Waals surface area contributed by atoms with Gasteiger partial charge in [0.2, 0.25) is 0 Å². The summed E-state index contributed by atoms with van der Waals surface area (Å²) in [5.74, 6) is 1.82. The highest BCUT2D eigenvalue weighted by molar-refractivity contribution is 14.0. The second-order valence-corrected chi connectivity index (χ2v) is 7.29. The number of aliphatic imine (C=N–C) groups is 1. The topological polar surface area (TPSA) is 68.0 Å². The van der Waals surface area contributed by atoms with E-state index in [1.165, 1.54) is 11.1 Å². The first-order chi connectivity index (χ1) is 14.3. The molecular formula is C23H34IN3O3. The number of halogens is 1. The monoisotopic (exact) mass is 527 g/mol. The Morgan fingerprint density at radius 3 is 2.50 bits per heavy atom. The van der Waals surface area contributed by atoms with Crippen molar-refractivity contribution in [1.82, 2.24) is 10.6 Å². The number of ether oxygens (including phenoxy) is 2. The predicted molar refractivity (Wildman–Crippen MR) is 130 cm³/mol. The molecule has 3 rings (SSSR count). The smallest absolute Gasteiger partial charge is 0.191 e. The number of furan rings is 1. The van der Waals surface area contributed by atoms with Crippen LogP contribution in [0.4, 0.5) is 0 Å². The minimum atomic E-state index is 0. The number of rotatable bonds is 10. The van der Waals surface area contributed by atoms with E-state index in [-0.39, 0.29) is 24.0 Å². The lowest BCUT2D eigenvalue weighted by Gasteiger charge is -2.22. The van der Waals surface area contributed by atoms with E-state index in [4.69, 9.17) is 18.9 Å². The molecule has 0 aliphatic carbocycles. The van der Waals surface area contributed by atoms with Gasteiger partial charge in [0.05, 0.1) is 25.5 Å². The van der Waals surface area contributed by atoms with Gasteiger partial charge in [-0.1, -0.05) is 31.2 Å². The summed E-state index contributed by atoms with van der Waals surface area (Å²) in [6, 6.07) is 12.4. The second-order valence-electron chi connectivity index (χ2n) is 7.29. The summed E-state index contributed by atoms with van der Waals surface area (Å²) in [5.41, 5.74) is 2.38. The first-order valence-electron chi connectivity index (χ1n) is 10.6. The molecule has 2 N–H and O–H groups in total. The van der Waals surface area contributed by atoms with Crippen LogP contribution in [0.5, 0.6) is 0 Å². The second kappa shape index (κ2) is 14.4. The van der Waals surface area contributed by atoms with Gasteiger partial charge in [-0.05, 0) is 42.5 Å². The molecule has 0 atom stereocenters. The van der Waals surface area contributed by atoms with Crippen LogP contribution in [0, 0.1) is 0 Å². The van der Waals surface area contributed by atoms with E-state index < -0.39 is 0 Å². The molecule has 0 amide bonds. The molecule has 0 saturated carbocycles. The third-order valence-electron chi connectivity index (χ3n) is 4.88. The average Bonchev–Trinajstić information content (AvgIpc) is 3.29. The zero-order chi connectivity index (χ0) is 20.2. The fourth-order valence-electron chi connectivity index (χ4n) is 3.14. The van der Waals surface area contributed by atoms with Crippen molar-refractivity contribution in [3.8, 4) is 0 Å². The Morgan fingerprint density at radius 2 is 1.80 bits per heavy atom. The summed E-state index contributed by atoms with van der Waals surface area (Å²) in [5, 5.41) is 6.75. The molecule has 0 bridgehead atoms. The van der Waals surface area contributed by atoms with Crippen molar-refractivity contribution < 1.29 is 13.9 Å². The van der Waals surface area contributed by atoms with Crippen molar-refractivity contribution in [3.05, 3.63) is 59.5 Å². The predicted octanol–water partition coefficient (Wildman–Crippen LogP) is 4.28. The summed E-state index contributed by atoms with van der Waals surface area (Å²) in [6.45, 7) is 6.75. The van der Waals surface area contributed by atoms with E-state index in [0.717, 1.165) is 63.7 Å². The third-order valence-corrected chi connectivity index (χ3v) is 4.88. The van der Waals surface area contributed by atoms with Gasteiger partial charge < -0.3 is 24.5 Å². The molecule has 0 radical (unpaired) electrons. The van der Waals surface area contributed by atoms with E-state index in [0.29, 0.717) is 19.3 Å². The number of nitrogens with one attached hydrogen (secondary N) is 2. The maximum Gasteiger partial charge on any atom is 0.191 e. The number of nitrogens with zero attached hydrogens (tertiary/aromatic N) is 1. The third kappa shape index (κ3) is 9.06. The highest BCUT2D eigenvalue weighted by atomic mass is 127. The van der Waals surface area contributed by atoms with Crippen LogP contribution in [0.3, 0.4) is 0 Å². The molecule has 166 valence electrons. The van der Waals surface area contributed by atoms with E-state index in [1.54, 1.807) is 6.26 Å². The van der Waals surface area contributed by atoms with Gasteiger partial charge in [0.25, 0.3) is 0 Å². The summed E-state index contributed by atoms with van der Waals surface area (Å²) < 4.78 is 16.7. The molecule has 1 fully saturated rings. The molecule has 1 aromatic heterocycles. The first kappa shape index (κ1) is 24.7. The number of hydrogen-bond acceptors (Lipinski definition) is 4. The minimum Gasteiger partial charge on any atom is -0.469 e. The Kier molecular flexibility index (Phi) is 11.9. The average molecular weight is 527 g/mol. The fraction of sp³-hybridized carbons (Fsp3) is 0.522. The maximum absolute atomic E-state index is 5.99. The molecule has 6 nitrogen and oxygen atoms in total. The molecule has 0 unspecified atom stereocenters. The Morgan fingerprint density at radius 1 is 1.07 bits per heavy atom. The normalized spacial score (nSPS) is 14.9. The fourth-order valence-corrected chi connectivity index (χ4v) is 3.14. The van der Waals surface area contributed by atoms with E-state index in [2.05, 4.69) is 41.8 Å². The van der Waals surface area contributed by atoms with Crippen LogP contribution in [-0.4, -0.2) is 38.4 Å². The van der Waals surface area contributed by atoms with Gasteiger partial charge in [0, 0.05) is 32.7 Å². The zero-order valence-electron chi connectivity index (χ0n) is 17.8. The lowest BCUT2D eigenvalue weighted by Crippen LogP contribution is -2.38. The van der Waals surface area contributed by atoms with Gasteiger partial charge in [-0.3, -0.25) is 0 Å². The standard InChI is InChI=1S/C23H33N3O3.HI/c1-2-12-24-23(25-13-9-21-4-3-14-28-21)26-17-19-5-7-20(8-6-19)18-29-22-10-15-27-16-11-22;/h3-8,14,22H,2,9-13,15-18H2,1H3,(H2,24,25,26);1H. The van der Waals surface area contributed by atoms with Gasteiger partial charge in [0.1, 0.15) is 5.76 Å². The van der Waals surface area contributed by atoms with Gasteiger partial charge >= 0.3 is 0 Å².